The normalized spacial score (nSPS) is 12.0. The smallest absolute Gasteiger partial charge is 0.318 e. The lowest BCUT2D eigenvalue weighted by Gasteiger charge is -2.28. The standard InChI is InChI=1S/C15H22N2O4/c1-11(2)17(8-9-18)15(21)16-13(10-14(19)20)12-6-4-3-5-7-12/h3-7,11,13,18H,8-10H2,1-2H3,(H,16,21)(H,19,20). The molecule has 116 valence electrons. The Balaban J connectivity index is 2.85. The van der Waals surface area contributed by atoms with Gasteiger partial charge in [0.25, 0.3) is 0 Å². The maximum absolute atomic E-state index is 12.3. The number of aliphatic hydroxyl groups is 1. The first-order valence-corrected chi connectivity index (χ1v) is 6.90. The number of carboxylic acids is 1. The third-order valence-electron chi connectivity index (χ3n) is 3.10. The zero-order valence-electron chi connectivity index (χ0n) is 12.3. The zero-order chi connectivity index (χ0) is 15.8. The first-order valence-electron chi connectivity index (χ1n) is 6.90. The molecule has 0 bridgehead atoms. The van der Waals surface area contributed by atoms with Crippen molar-refractivity contribution in [1.82, 2.24) is 10.2 Å². The van der Waals surface area contributed by atoms with E-state index in [1.54, 1.807) is 24.3 Å². The summed E-state index contributed by atoms with van der Waals surface area (Å²) < 4.78 is 0. The van der Waals surface area contributed by atoms with Crippen LogP contribution in [0.5, 0.6) is 0 Å². The van der Waals surface area contributed by atoms with Gasteiger partial charge in [0.05, 0.1) is 19.1 Å². The third kappa shape index (κ3) is 5.43. The van der Waals surface area contributed by atoms with E-state index < -0.39 is 12.0 Å². The van der Waals surface area contributed by atoms with Crippen LogP contribution in [0, 0.1) is 0 Å². The first kappa shape index (κ1) is 17.0. The van der Waals surface area contributed by atoms with Crippen molar-refractivity contribution in [3.05, 3.63) is 35.9 Å². The molecule has 1 unspecified atom stereocenters. The highest BCUT2D eigenvalue weighted by Gasteiger charge is 2.22. The minimum atomic E-state index is -0.984. The van der Waals surface area contributed by atoms with Gasteiger partial charge in [0.2, 0.25) is 0 Å². The largest absolute Gasteiger partial charge is 0.481 e. The van der Waals surface area contributed by atoms with Gasteiger partial charge >= 0.3 is 12.0 Å². The number of carbonyl (C=O) groups is 2. The number of hydrogen-bond donors (Lipinski definition) is 3. The molecule has 1 aromatic carbocycles. The Hall–Kier alpha value is -2.08. The molecule has 1 aromatic rings. The average molecular weight is 294 g/mol. The van der Waals surface area contributed by atoms with Crippen LogP contribution in [0.1, 0.15) is 31.9 Å². The minimum Gasteiger partial charge on any atom is -0.481 e. The number of benzene rings is 1. The van der Waals surface area contributed by atoms with E-state index in [4.69, 9.17) is 10.2 Å². The molecule has 0 spiro atoms. The number of carboxylic acid groups (broad SMARTS) is 1. The Morgan fingerprint density at radius 3 is 2.33 bits per heavy atom. The first-order chi connectivity index (χ1) is 9.95. The highest BCUT2D eigenvalue weighted by Crippen LogP contribution is 2.17. The van der Waals surface area contributed by atoms with Crippen molar-refractivity contribution >= 4 is 12.0 Å². The second-order valence-electron chi connectivity index (χ2n) is 5.02. The summed E-state index contributed by atoms with van der Waals surface area (Å²) in [4.78, 5) is 24.7. The lowest BCUT2D eigenvalue weighted by molar-refractivity contribution is -0.137. The summed E-state index contributed by atoms with van der Waals surface area (Å²) in [6.07, 6.45) is -0.194. The predicted molar refractivity (Wildman–Crippen MR) is 78.9 cm³/mol. The summed E-state index contributed by atoms with van der Waals surface area (Å²) >= 11 is 0. The van der Waals surface area contributed by atoms with Gasteiger partial charge in [0.15, 0.2) is 0 Å². The molecule has 0 saturated heterocycles. The molecule has 0 aliphatic heterocycles. The topological polar surface area (TPSA) is 89.9 Å². The number of aliphatic carboxylic acids is 1. The van der Waals surface area contributed by atoms with E-state index in [-0.39, 0.29) is 31.6 Å². The number of rotatable bonds is 7. The van der Waals surface area contributed by atoms with E-state index in [9.17, 15) is 9.59 Å². The van der Waals surface area contributed by atoms with Crippen LogP contribution in [0.3, 0.4) is 0 Å². The summed E-state index contributed by atoms with van der Waals surface area (Å²) in [5.41, 5.74) is 0.737. The number of nitrogens with one attached hydrogen (secondary N) is 1. The van der Waals surface area contributed by atoms with E-state index in [0.29, 0.717) is 0 Å². The molecular formula is C15H22N2O4. The summed E-state index contributed by atoms with van der Waals surface area (Å²) in [5, 5.41) is 20.7. The second-order valence-corrected chi connectivity index (χ2v) is 5.02. The number of hydrogen-bond acceptors (Lipinski definition) is 3. The monoisotopic (exact) mass is 294 g/mol. The molecule has 6 nitrogen and oxygen atoms in total. The van der Waals surface area contributed by atoms with Crippen LogP contribution in [0.15, 0.2) is 30.3 Å². The van der Waals surface area contributed by atoms with Gasteiger partial charge in [-0.3, -0.25) is 4.79 Å². The van der Waals surface area contributed by atoms with E-state index in [1.807, 2.05) is 19.9 Å². The Morgan fingerprint density at radius 2 is 1.86 bits per heavy atom. The summed E-state index contributed by atoms with van der Waals surface area (Å²) in [6, 6.07) is 7.91. The highest BCUT2D eigenvalue weighted by atomic mass is 16.4. The number of amides is 2. The Kier molecular flexibility index (Phi) is 6.68. The molecule has 0 radical (unpaired) electrons. The van der Waals surface area contributed by atoms with Gasteiger partial charge in [-0.05, 0) is 19.4 Å². The van der Waals surface area contributed by atoms with Crippen molar-refractivity contribution in [2.75, 3.05) is 13.2 Å². The van der Waals surface area contributed by atoms with Gasteiger partial charge in [-0.25, -0.2) is 4.79 Å². The second kappa shape index (κ2) is 8.26. The molecule has 1 atom stereocenters. The number of aliphatic hydroxyl groups excluding tert-OH is 1. The van der Waals surface area contributed by atoms with E-state index in [2.05, 4.69) is 5.32 Å². The Labute approximate surface area is 124 Å². The molecule has 0 aliphatic rings. The summed E-state index contributed by atoms with van der Waals surface area (Å²) in [5.74, 6) is -0.984. The molecule has 3 N–H and O–H groups in total. The van der Waals surface area contributed by atoms with Crippen molar-refractivity contribution in [2.45, 2.75) is 32.4 Å². The van der Waals surface area contributed by atoms with Crippen molar-refractivity contribution in [3.63, 3.8) is 0 Å². The van der Waals surface area contributed by atoms with Crippen LogP contribution in [0.4, 0.5) is 4.79 Å². The van der Waals surface area contributed by atoms with E-state index in [0.717, 1.165) is 5.56 Å². The Bertz CT molecular complexity index is 462. The molecule has 21 heavy (non-hydrogen) atoms. The maximum Gasteiger partial charge on any atom is 0.318 e. The number of nitrogens with zero attached hydrogens (tertiary/aromatic N) is 1. The zero-order valence-corrected chi connectivity index (χ0v) is 12.3. The fourth-order valence-corrected chi connectivity index (χ4v) is 2.05. The van der Waals surface area contributed by atoms with Crippen molar-refractivity contribution in [2.24, 2.45) is 0 Å². The summed E-state index contributed by atoms with van der Waals surface area (Å²) in [7, 11) is 0. The number of urea groups is 1. The quantitative estimate of drug-likeness (QED) is 0.712. The maximum atomic E-state index is 12.3. The lowest BCUT2D eigenvalue weighted by atomic mass is 10.0. The van der Waals surface area contributed by atoms with Gasteiger partial charge in [0, 0.05) is 12.6 Å². The predicted octanol–water partition coefficient (Wildman–Crippen LogP) is 1.61. The van der Waals surface area contributed by atoms with Gasteiger partial charge in [-0.2, -0.15) is 0 Å². The van der Waals surface area contributed by atoms with Crippen molar-refractivity contribution in [1.29, 1.82) is 0 Å². The van der Waals surface area contributed by atoms with Gasteiger partial charge < -0.3 is 20.4 Å². The fraction of sp³-hybridized carbons (Fsp3) is 0.467. The minimum absolute atomic E-state index is 0.0848. The van der Waals surface area contributed by atoms with E-state index >= 15 is 0 Å². The SMILES string of the molecule is CC(C)N(CCO)C(=O)NC(CC(=O)O)c1ccccc1. The van der Waals surface area contributed by atoms with Crippen LogP contribution >= 0.6 is 0 Å². The van der Waals surface area contributed by atoms with Crippen LogP contribution in [-0.2, 0) is 4.79 Å². The molecular weight excluding hydrogens is 272 g/mol. The summed E-state index contributed by atoms with van der Waals surface area (Å²) in [6.45, 7) is 3.74. The van der Waals surface area contributed by atoms with Crippen molar-refractivity contribution in [3.8, 4) is 0 Å². The third-order valence-corrected chi connectivity index (χ3v) is 3.10. The molecule has 0 saturated carbocycles. The average Bonchev–Trinajstić information content (AvgIpc) is 2.44. The van der Waals surface area contributed by atoms with Gasteiger partial charge in [-0.1, -0.05) is 30.3 Å². The molecule has 1 rings (SSSR count). The van der Waals surface area contributed by atoms with Crippen LogP contribution in [0.2, 0.25) is 0 Å². The molecule has 0 fully saturated rings. The molecule has 0 aromatic heterocycles. The molecule has 2 amide bonds. The molecule has 0 aliphatic carbocycles. The highest BCUT2D eigenvalue weighted by molar-refractivity contribution is 5.76. The van der Waals surface area contributed by atoms with Crippen LogP contribution < -0.4 is 5.32 Å². The number of carbonyl (C=O) groups excluding carboxylic acids is 1. The fourth-order valence-electron chi connectivity index (χ4n) is 2.05. The van der Waals surface area contributed by atoms with Crippen molar-refractivity contribution < 1.29 is 19.8 Å². The molecule has 0 heterocycles. The van der Waals surface area contributed by atoms with Gasteiger partial charge in [-0.15, -0.1) is 0 Å². The van der Waals surface area contributed by atoms with E-state index in [1.165, 1.54) is 4.90 Å². The van der Waals surface area contributed by atoms with Gasteiger partial charge in [0.1, 0.15) is 0 Å². The lowest BCUT2D eigenvalue weighted by Crippen LogP contribution is -2.46. The van der Waals surface area contributed by atoms with Crippen LogP contribution in [-0.4, -0.2) is 46.3 Å². The molecule has 6 heteroatoms. The Morgan fingerprint density at radius 1 is 1.24 bits per heavy atom. The van der Waals surface area contributed by atoms with Crippen LogP contribution in [0.25, 0.3) is 0 Å².